The summed E-state index contributed by atoms with van der Waals surface area (Å²) in [7, 11) is -4.09. The number of sulfonamides is 1. The number of nitrogens with one attached hydrogen (secondary N) is 3. The summed E-state index contributed by atoms with van der Waals surface area (Å²) in [6.45, 7) is -0.00915. The van der Waals surface area contributed by atoms with Gasteiger partial charge in [0.05, 0.1) is 10.5 Å². The Morgan fingerprint density at radius 2 is 1.59 bits per heavy atom. The maximum atomic E-state index is 13.0. The van der Waals surface area contributed by atoms with Crippen LogP contribution < -0.4 is 24.8 Å². The molecule has 0 aromatic heterocycles. The Bertz CT molecular complexity index is 1440. The lowest BCUT2D eigenvalue weighted by Gasteiger charge is -2.19. The lowest BCUT2D eigenvalue weighted by atomic mass is 10.2. The van der Waals surface area contributed by atoms with Gasteiger partial charge in [-0.15, -0.1) is 0 Å². The maximum absolute atomic E-state index is 13.0. The summed E-state index contributed by atoms with van der Waals surface area (Å²) in [4.78, 5) is 36.2. The molecule has 3 amide bonds. The minimum atomic E-state index is -4.09. The minimum Gasteiger partial charge on any atom is -0.486 e. The number of carbonyl (C=O) groups is 3. The Morgan fingerprint density at radius 3 is 2.35 bits per heavy atom. The first-order valence-corrected chi connectivity index (χ1v) is 12.2. The highest BCUT2D eigenvalue weighted by Crippen LogP contribution is 2.32. The third-order valence-electron chi connectivity index (χ3n) is 4.86. The molecular weight excluding hydrogens is 509 g/mol. The molecule has 1 aliphatic rings. The van der Waals surface area contributed by atoms with Crippen LogP contribution >= 0.6 is 0 Å². The second kappa shape index (κ2) is 11.0. The van der Waals surface area contributed by atoms with Gasteiger partial charge in [0.25, 0.3) is 15.9 Å². The summed E-state index contributed by atoms with van der Waals surface area (Å²) in [5, 5.41) is 4.46. The molecule has 11 nitrogen and oxygen atoms in total. The van der Waals surface area contributed by atoms with Crippen molar-refractivity contribution in [3.8, 4) is 11.5 Å². The Labute approximate surface area is 210 Å². The van der Waals surface area contributed by atoms with E-state index in [9.17, 15) is 27.2 Å². The van der Waals surface area contributed by atoms with E-state index >= 15 is 0 Å². The summed E-state index contributed by atoms with van der Waals surface area (Å²) in [5.41, 5.74) is 0.329. The average molecular weight is 530 g/mol. The topological polar surface area (TPSA) is 149 Å². The zero-order valence-electron chi connectivity index (χ0n) is 19.0. The molecule has 0 aliphatic carbocycles. The van der Waals surface area contributed by atoms with Crippen molar-refractivity contribution in [2.75, 3.05) is 29.9 Å². The number of amides is 3. The van der Waals surface area contributed by atoms with E-state index in [1.807, 2.05) is 5.32 Å². The molecule has 0 radical (unpaired) electrons. The third kappa shape index (κ3) is 6.73. The number of esters is 1. The molecule has 0 atom stereocenters. The number of hydrogen-bond donors (Lipinski definition) is 3. The average Bonchev–Trinajstić information content (AvgIpc) is 2.88. The van der Waals surface area contributed by atoms with Gasteiger partial charge in [-0.25, -0.2) is 22.4 Å². The van der Waals surface area contributed by atoms with E-state index in [1.54, 1.807) is 12.1 Å². The number of imide groups is 1. The molecule has 0 spiro atoms. The normalized spacial score (nSPS) is 12.2. The maximum Gasteiger partial charge on any atom is 0.338 e. The Morgan fingerprint density at radius 1 is 0.892 bits per heavy atom. The molecular formula is C24H20FN3O8S. The molecule has 37 heavy (non-hydrogen) atoms. The van der Waals surface area contributed by atoms with Gasteiger partial charge in [0.15, 0.2) is 18.1 Å². The van der Waals surface area contributed by atoms with Gasteiger partial charge in [-0.2, -0.15) is 0 Å². The van der Waals surface area contributed by atoms with Crippen LogP contribution in [0.15, 0.2) is 71.6 Å². The fraction of sp³-hybridized carbons (Fsp3) is 0.125. The molecule has 0 unspecified atom stereocenters. The lowest BCUT2D eigenvalue weighted by Crippen LogP contribution is -2.37. The summed E-state index contributed by atoms with van der Waals surface area (Å²) < 4.78 is 56.2. The van der Waals surface area contributed by atoms with Crippen LogP contribution in [0.25, 0.3) is 0 Å². The quantitative estimate of drug-likeness (QED) is 0.396. The number of hydrogen-bond acceptors (Lipinski definition) is 8. The first-order valence-electron chi connectivity index (χ1n) is 10.8. The molecule has 192 valence electrons. The highest BCUT2D eigenvalue weighted by molar-refractivity contribution is 7.92. The van der Waals surface area contributed by atoms with Crippen LogP contribution in [-0.2, 0) is 19.6 Å². The molecule has 0 bridgehead atoms. The number of benzene rings is 3. The molecule has 4 rings (SSSR count). The predicted molar refractivity (Wildman–Crippen MR) is 129 cm³/mol. The number of ether oxygens (including phenoxy) is 3. The molecule has 0 saturated carbocycles. The largest absolute Gasteiger partial charge is 0.486 e. The van der Waals surface area contributed by atoms with E-state index in [0.29, 0.717) is 30.4 Å². The van der Waals surface area contributed by atoms with E-state index in [-0.39, 0.29) is 16.1 Å². The van der Waals surface area contributed by atoms with Crippen molar-refractivity contribution in [1.29, 1.82) is 0 Å². The third-order valence-corrected chi connectivity index (χ3v) is 6.24. The van der Waals surface area contributed by atoms with Crippen molar-refractivity contribution >= 4 is 39.3 Å². The molecule has 1 aliphatic heterocycles. The van der Waals surface area contributed by atoms with Crippen molar-refractivity contribution in [2.45, 2.75) is 4.90 Å². The monoisotopic (exact) mass is 529 g/mol. The summed E-state index contributed by atoms with van der Waals surface area (Å²) >= 11 is 0. The lowest BCUT2D eigenvalue weighted by molar-refractivity contribution is -0.123. The summed E-state index contributed by atoms with van der Waals surface area (Å²) in [6, 6.07) is 13.4. The van der Waals surface area contributed by atoms with Crippen LogP contribution in [0.4, 0.5) is 20.6 Å². The van der Waals surface area contributed by atoms with Crippen molar-refractivity contribution in [3.63, 3.8) is 0 Å². The zero-order valence-corrected chi connectivity index (χ0v) is 19.8. The molecule has 0 fully saturated rings. The van der Waals surface area contributed by atoms with Gasteiger partial charge >= 0.3 is 12.0 Å². The Hall–Kier alpha value is -4.65. The van der Waals surface area contributed by atoms with Gasteiger partial charge in [-0.05, 0) is 54.6 Å². The van der Waals surface area contributed by atoms with Crippen LogP contribution in [-0.4, -0.2) is 46.1 Å². The van der Waals surface area contributed by atoms with Crippen LogP contribution in [0, 0.1) is 5.82 Å². The van der Waals surface area contributed by atoms with Crippen molar-refractivity contribution in [1.82, 2.24) is 5.32 Å². The summed E-state index contributed by atoms with van der Waals surface area (Å²) in [5.74, 6) is -1.45. The Balaban J connectivity index is 1.30. The number of fused-ring (bicyclic) bond motifs is 1. The van der Waals surface area contributed by atoms with E-state index in [4.69, 9.17) is 14.2 Å². The van der Waals surface area contributed by atoms with E-state index in [2.05, 4.69) is 10.0 Å². The van der Waals surface area contributed by atoms with Crippen LogP contribution in [0.5, 0.6) is 11.5 Å². The van der Waals surface area contributed by atoms with Crippen LogP contribution in [0.3, 0.4) is 0 Å². The van der Waals surface area contributed by atoms with Crippen LogP contribution in [0.2, 0.25) is 0 Å². The number of halogens is 1. The SMILES string of the molecule is O=C(COC(=O)c1cccc(S(=O)(=O)Nc2ccc(F)cc2)c1)NC(=O)Nc1ccc2c(c1)OCCO2. The minimum absolute atomic E-state index is 0.126. The number of carbonyl (C=O) groups excluding carboxylic acids is 3. The van der Waals surface area contributed by atoms with Crippen molar-refractivity contribution < 1.29 is 41.4 Å². The van der Waals surface area contributed by atoms with Gasteiger partial charge in [0.2, 0.25) is 0 Å². The van der Waals surface area contributed by atoms with Gasteiger partial charge < -0.3 is 19.5 Å². The van der Waals surface area contributed by atoms with E-state index in [1.165, 1.54) is 36.4 Å². The first-order chi connectivity index (χ1) is 17.7. The Kier molecular flexibility index (Phi) is 7.53. The van der Waals surface area contributed by atoms with Gasteiger partial charge in [0, 0.05) is 17.4 Å². The second-order valence-corrected chi connectivity index (χ2v) is 9.26. The van der Waals surface area contributed by atoms with E-state index < -0.39 is 40.4 Å². The molecule has 3 aromatic rings. The fourth-order valence-corrected chi connectivity index (χ4v) is 4.29. The first kappa shape index (κ1) is 25.4. The number of urea groups is 1. The molecule has 3 aromatic carbocycles. The number of anilines is 2. The van der Waals surface area contributed by atoms with Crippen molar-refractivity contribution in [3.05, 3.63) is 78.1 Å². The van der Waals surface area contributed by atoms with Crippen LogP contribution in [0.1, 0.15) is 10.4 Å². The van der Waals surface area contributed by atoms with Crippen molar-refractivity contribution in [2.24, 2.45) is 0 Å². The highest BCUT2D eigenvalue weighted by Gasteiger charge is 2.19. The van der Waals surface area contributed by atoms with Gasteiger partial charge in [-0.1, -0.05) is 6.07 Å². The van der Waals surface area contributed by atoms with E-state index in [0.717, 1.165) is 18.2 Å². The summed E-state index contributed by atoms with van der Waals surface area (Å²) in [6.07, 6.45) is 0. The molecule has 3 N–H and O–H groups in total. The van der Waals surface area contributed by atoms with Gasteiger partial charge in [0.1, 0.15) is 19.0 Å². The molecule has 0 saturated heterocycles. The predicted octanol–water partition coefficient (Wildman–Crippen LogP) is 2.90. The smallest absolute Gasteiger partial charge is 0.338 e. The number of rotatable bonds is 7. The zero-order chi connectivity index (χ0) is 26.4. The highest BCUT2D eigenvalue weighted by atomic mass is 32.2. The second-order valence-electron chi connectivity index (χ2n) is 7.58. The molecule has 13 heteroatoms. The standard InChI is InChI=1S/C24H20FN3O8S/c25-16-4-6-17(7-5-16)28-37(32,33)19-3-1-2-15(12-19)23(30)36-14-22(29)27-24(31)26-18-8-9-20-21(13-18)35-11-10-34-20/h1-9,12-13,28H,10-11,14H2,(H2,26,27,29,31). The van der Waals surface area contributed by atoms with Gasteiger partial charge in [-0.3, -0.25) is 14.8 Å². The molecule has 1 heterocycles. The fourth-order valence-electron chi connectivity index (χ4n) is 3.18.